The molecule has 9 heavy (non-hydrogen) atoms. The van der Waals surface area contributed by atoms with Gasteiger partial charge in [-0.3, -0.25) is 0 Å². The Bertz CT molecular complexity index is 77.0. The standard InChI is InChI=1S/C7H14Br2/c1-4-5-7(3,9)6(2)8/h6H,4-5H2,1-3H3. The first kappa shape index (κ1) is 9.96. The third-order valence-electron chi connectivity index (χ3n) is 1.57. The molecule has 56 valence electrons. The second-order valence-electron chi connectivity index (χ2n) is 2.64. The minimum Gasteiger partial charge on any atom is -0.0879 e. The van der Waals surface area contributed by atoms with Gasteiger partial charge in [0.05, 0.1) is 0 Å². The van der Waals surface area contributed by atoms with Crippen LogP contribution in [0.15, 0.2) is 0 Å². The smallest absolute Gasteiger partial charge is 0.0351 e. The summed E-state index contributed by atoms with van der Waals surface area (Å²) in [4.78, 5) is 0.546. The lowest BCUT2D eigenvalue weighted by atomic mass is 10.0. The fraction of sp³-hybridized carbons (Fsp3) is 1.00. The Balaban J connectivity index is 3.70. The van der Waals surface area contributed by atoms with Gasteiger partial charge in [0.25, 0.3) is 0 Å². The molecule has 0 fully saturated rings. The lowest BCUT2D eigenvalue weighted by Crippen LogP contribution is -2.25. The molecule has 0 spiro atoms. The van der Waals surface area contributed by atoms with Gasteiger partial charge in [-0.1, -0.05) is 52.1 Å². The molecule has 0 aliphatic heterocycles. The number of hydrogen-bond donors (Lipinski definition) is 0. The molecular weight excluding hydrogens is 244 g/mol. The maximum atomic E-state index is 3.66. The van der Waals surface area contributed by atoms with Crippen molar-refractivity contribution in [2.24, 2.45) is 0 Å². The first-order valence-electron chi connectivity index (χ1n) is 3.33. The quantitative estimate of drug-likeness (QED) is 0.676. The summed E-state index contributed by atoms with van der Waals surface area (Å²) in [6.45, 7) is 6.59. The molecule has 0 N–H and O–H groups in total. The topological polar surface area (TPSA) is 0 Å². The molecule has 0 nitrogen and oxygen atoms in total. The minimum absolute atomic E-state index is 0.280. The average Bonchev–Trinajstić information content (AvgIpc) is 1.65. The maximum Gasteiger partial charge on any atom is 0.0351 e. The predicted octanol–water partition coefficient (Wildman–Crippen LogP) is 3.72. The normalized spacial score (nSPS) is 21.0. The van der Waals surface area contributed by atoms with Gasteiger partial charge < -0.3 is 0 Å². The van der Waals surface area contributed by atoms with E-state index in [9.17, 15) is 0 Å². The molecule has 0 saturated heterocycles. The van der Waals surface area contributed by atoms with E-state index in [2.05, 4.69) is 52.6 Å². The minimum atomic E-state index is 0.280. The summed E-state index contributed by atoms with van der Waals surface area (Å²) in [5.41, 5.74) is 0. The van der Waals surface area contributed by atoms with Gasteiger partial charge in [-0.25, -0.2) is 0 Å². The summed E-state index contributed by atoms with van der Waals surface area (Å²) in [7, 11) is 0. The maximum absolute atomic E-state index is 3.66. The monoisotopic (exact) mass is 256 g/mol. The van der Waals surface area contributed by atoms with Crippen LogP contribution < -0.4 is 0 Å². The van der Waals surface area contributed by atoms with Gasteiger partial charge in [0.2, 0.25) is 0 Å². The zero-order chi connectivity index (χ0) is 7.49. The first-order valence-corrected chi connectivity index (χ1v) is 5.04. The third kappa shape index (κ3) is 3.61. The molecule has 0 bridgehead atoms. The van der Waals surface area contributed by atoms with E-state index in [0.29, 0.717) is 4.83 Å². The van der Waals surface area contributed by atoms with Crippen molar-refractivity contribution in [2.45, 2.75) is 42.8 Å². The van der Waals surface area contributed by atoms with E-state index < -0.39 is 0 Å². The van der Waals surface area contributed by atoms with Gasteiger partial charge in [0, 0.05) is 9.15 Å². The SMILES string of the molecule is CCCC(C)(Br)C(C)Br. The Kier molecular flexibility index (Phi) is 4.39. The van der Waals surface area contributed by atoms with Crippen LogP contribution in [-0.2, 0) is 0 Å². The predicted molar refractivity (Wildman–Crippen MR) is 50.6 cm³/mol. The Morgan fingerprint density at radius 3 is 2.11 bits per heavy atom. The van der Waals surface area contributed by atoms with Gasteiger partial charge in [0.1, 0.15) is 0 Å². The highest BCUT2D eigenvalue weighted by molar-refractivity contribution is 9.12. The lowest BCUT2D eigenvalue weighted by molar-refractivity contribution is 0.589. The molecular formula is C7H14Br2. The van der Waals surface area contributed by atoms with Crippen LogP contribution in [0.4, 0.5) is 0 Å². The van der Waals surface area contributed by atoms with Crippen molar-refractivity contribution in [1.29, 1.82) is 0 Å². The van der Waals surface area contributed by atoms with Crippen LogP contribution in [0.3, 0.4) is 0 Å². The fourth-order valence-electron chi connectivity index (χ4n) is 0.688. The van der Waals surface area contributed by atoms with E-state index in [4.69, 9.17) is 0 Å². The van der Waals surface area contributed by atoms with Crippen molar-refractivity contribution in [3.8, 4) is 0 Å². The van der Waals surface area contributed by atoms with Crippen LogP contribution in [0.5, 0.6) is 0 Å². The Morgan fingerprint density at radius 2 is 2.00 bits per heavy atom. The molecule has 0 radical (unpaired) electrons. The summed E-state index contributed by atoms with van der Waals surface area (Å²) < 4.78 is 0.280. The molecule has 0 aromatic carbocycles. The lowest BCUT2D eigenvalue weighted by Gasteiger charge is -2.24. The van der Waals surface area contributed by atoms with Crippen molar-refractivity contribution in [2.75, 3.05) is 0 Å². The van der Waals surface area contributed by atoms with Crippen molar-refractivity contribution in [3.63, 3.8) is 0 Å². The molecule has 0 aromatic rings. The summed E-state index contributed by atoms with van der Waals surface area (Å²) in [6.07, 6.45) is 2.46. The number of alkyl halides is 2. The number of hydrogen-bond acceptors (Lipinski definition) is 0. The van der Waals surface area contributed by atoms with Crippen LogP contribution in [-0.4, -0.2) is 9.15 Å². The molecule has 0 saturated carbocycles. The van der Waals surface area contributed by atoms with E-state index in [1.54, 1.807) is 0 Å². The van der Waals surface area contributed by atoms with Crippen molar-refractivity contribution in [1.82, 2.24) is 0 Å². The zero-order valence-electron chi connectivity index (χ0n) is 6.25. The van der Waals surface area contributed by atoms with Gasteiger partial charge in [-0.15, -0.1) is 0 Å². The van der Waals surface area contributed by atoms with Crippen LogP contribution >= 0.6 is 31.9 Å². The highest BCUT2D eigenvalue weighted by Gasteiger charge is 2.24. The van der Waals surface area contributed by atoms with Crippen molar-refractivity contribution in [3.05, 3.63) is 0 Å². The van der Waals surface area contributed by atoms with E-state index in [1.807, 2.05) is 0 Å². The van der Waals surface area contributed by atoms with Crippen LogP contribution in [0, 0.1) is 0 Å². The van der Waals surface area contributed by atoms with E-state index in [1.165, 1.54) is 12.8 Å². The Labute approximate surface area is 74.7 Å². The molecule has 2 atom stereocenters. The Morgan fingerprint density at radius 1 is 1.56 bits per heavy atom. The highest BCUT2D eigenvalue weighted by Crippen LogP contribution is 2.31. The average molecular weight is 258 g/mol. The second-order valence-corrected chi connectivity index (χ2v) is 5.83. The van der Waals surface area contributed by atoms with Crippen molar-refractivity contribution < 1.29 is 0 Å². The van der Waals surface area contributed by atoms with Gasteiger partial charge in [0.15, 0.2) is 0 Å². The first-order chi connectivity index (χ1) is 4.00. The van der Waals surface area contributed by atoms with Gasteiger partial charge in [-0.2, -0.15) is 0 Å². The fourth-order valence-corrected chi connectivity index (χ4v) is 1.31. The highest BCUT2D eigenvalue weighted by atomic mass is 79.9. The molecule has 0 amide bonds. The summed E-state index contributed by atoms with van der Waals surface area (Å²) in [5, 5.41) is 0. The van der Waals surface area contributed by atoms with Gasteiger partial charge >= 0.3 is 0 Å². The second kappa shape index (κ2) is 3.97. The zero-order valence-corrected chi connectivity index (χ0v) is 9.42. The van der Waals surface area contributed by atoms with Gasteiger partial charge in [-0.05, 0) is 13.3 Å². The molecule has 2 unspecified atom stereocenters. The molecule has 0 aliphatic carbocycles. The van der Waals surface area contributed by atoms with Crippen LogP contribution in [0.25, 0.3) is 0 Å². The number of halogens is 2. The molecule has 0 rings (SSSR count). The van der Waals surface area contributed by atoms with Crippen LogP contribution in [0.1, 0.15) is 33.6 Å². The molecule has 0 aromatic heterocycles. The van der Waals surface area contributed by atoms with E-state index in [-0.39, 0.29) is 4.32 Å². The summed E-state index contributed by atoms with van der Waals surface area (Å²) >= 11 is 7.21. The van der Waals surface area contributed by atoms with Crippen molar-refractivity contribution >= 4 is 31.9 Å². The molecule has 0 aliphatic rings. The largest absolute Gasteiger partial charge is 0.0879 e. The van der Waals surface area contributed by atoms with Crippen LogP contribution in [0.2, 0.25) is 0 Å². The number of rotatable bonds is 3. The Hall–Kier alpha value is 0.960. The molecule has 0 heterocycles. The third-order valence-corrected chi connectivity index (χ3v) is 4.28. The van der Waals surface area contributed by atoms with E-state index >= 15 is 0 Å². The summed E-state index contributed by atoms with van der Waals surface area (Å²) in [6, 6.07) is 0. The summed E-state index contributed by atoms with van der Waals surface area (Å²) in [5.74, 6) is 0. The van der Waals surface area contributed by atoms with E-state index in [0.717, 1.165) is 0 Å². The molecule has 2 heteroatoms.